The van der Waals surface area contributed by atoms with Gasteiger partial charge in [-0.2, -0.15) is 0 Å². The minimum absolute atomic E-state index is 0.176. The molecule has 0 amide bonds. The highest BCUT2D eigenvalue weighted by Crippen LogP contribution is 2.29. The van der Waals surface area contributed by atoms with Crippen LogP contribution < -0.4 is 5.73 Å². The fraction of sp³-hybridized carbons (Fsp3) is 0.667. The van der Waals surface area contributed by atoms with E-state index < -0.39 is 0 Å². The summed E-state index contributed by atoms with van der Waals surface area (Å²) in [5.41, 5.74) is 9.84. The maximum atomic E-state index is 6.01. The van der Waals surface area contributed by atoms with Gasteiger partial charge in [-0.05, 0) is 38.2 Å². The Balaban J connectivity index is 2.39. The summed E-state index contributed by atoms with van der Waals surface area (Å²) in [6, 6.07) is 0.176. The number of rotatable bonds is 3. The van der Waals surface area contributed by atoms with Crippen LogP contribution in [0.2, 0.25) is 0 Å². The van der Waals surface area contributed by atoms with E-state index in [-0.39, 0.29) is 6.04 Å². The molecule has 0 fully saturated rings. The summed E-state index contributed by atoms with van der Waals surface area (Å²) in [6.07, 6.45) is 6.22. The number of hydrogen-bond acceptors (Lipinski definition) is 3. The van der Waals surface area contributed by atoms with Gasteiger partial charge < -0.3 is 5.73 Å². The smallest absolute Gasteiger partial charge is 0.115 e. The van der Waals surface area contributed by atoms with E-state index in [0.29, 0.717) is 5.92 Å². The van der Waals surface area contributed by atoms with E-state index in [4.69, 9.17) is 5.73 Å². The maximum Gasteiger partial charge on any atom is 0.115 e. The van der Waals surface area contributed by atoms with Crippen LogP contribution in [0.1, 0.15) is 49.6 Å². The second kappa shape index (κ2) is 4.27. The van der Waals surface area contributed by atoms with Gasteiger partial charge in [-0.25, -0.2) is 9.97 Å². The summed E-state index contributed by atoms with van der Waals surface area (Å²) < 4.78 is 0. The molecular weight excluding hydrogens is 186 g/mol. The predicted molar refractivity (Wildman–Crippen MR) is 60.7 cm³/mol. The molecule has 15 heavy (non-hydrogen) atoms. The first-order chi connectivity index (χ1) is 7.24. The number of hydrogen-bond donors (Lipinski definition) is 1. The minimum atomic E-state index is 0.176. The second-order valence-corrected chi connectivity index (χ2v) is 4.41. The van der Waals surface area contributed by atoms with Crippen LogP contribution in [0.3, 0.4) is 0 Å². The molecule has 0 radical (unpaired) electrons. The van der Waals surface area contributed by atoms with Crippen LogP contribution in [-0.2, 0) is 12.8 Å². The van der Waals surface area contributed by atoms with Crippen LogP contribution in [0.15, 0.2) is 6.33 Å². The van der Waals surface area contributed by atoms with Gasteiger partial charge >= 0.3 is 0 Å². The summed E-state index contributed by atoms with van der Waals surface area (Å²) in [5.74, 6) is 0.389. The molecule has 2 unspecified atom stereocenters. The fourth-order valence-electron chi connectivity index (χ4n) is 2.52. The molecule has 2 atom stereocenters. The summed E-state index contributed by atoms with van der Waals surface area (Å²) in [4.78, 5) is 8.80. The van der Waals surface area contributed by atoms with Crippen molar-refractivity contribution in [3.05, 3.63) is 23.3 Å². The summed E-state index contributed by atoms with van der Waals surface area (Å²) in [5, 5.41) is 0. The zero-order chi connectivity index (χ0) is 10.8. The molecule has 3 nitrogen and oxygen atoms in total. The Kier molecular flexibility index (Phi) is 3.00. The summed E-state index contributed by atoms with van der Waals surface area (Å²) in [7, 11) is 0. The van der Waals surface area contributed by atoms with E-state index in [1.165, 1.54) is 23.4 Å². The Morgan fingerprint density at radius 3 is 2.87 bits per heavy atom. The van der Waals surface area contributed by atoms with Crippen molar-refractivity contribution in [2.75, 3.05) is 0 Å². The van der Waals surface area contributed by atoms with Crippen LogP contribution in [0, 0.1) is 0 Å². The molecule has 1 aliphatic rings. The predicted octanol–water partition coefficient (Wildman–Crippen LogP) is 1.81. The first kappa shape index (κ1) is 10.6. The first-order valence-electron chi connectivity index (χ1n) is 5.82. The first-order valence-corrected chi connectivity index (χ1v) is 5.82. The van der Waals surface area contributed by atoms with Crippen molar-refractivity contribution in [3.63, 3.8) is 0 Å². The third-order valence-electron chi connectivity index (χ3n) is 3.33. The van der Waals surface area contributed by atoms with Crippen molar-refractivity contribution < 1.29 is 0 Å². The van der Waals surface area contributed by atoms with Crippen LogP contribution in [-0.4, -0.2) is 16.0 Å². The van der Waals surface area contributed by atoms with E-state index in [9.17, 15) is 0 Å². The molecule has 0 saturated carbocycles. The third-order valence-corrected chi connectivity index (χ3v) is 3.33. The Morgan fingerprint density at radius 2 is 2.20 bits per heavy atom. The molecule has 3 heteroatoms. The molecule has 0 spiro atoms. The summed E-state index contributed by atoms with van der Waals surface area (Å²) in [6.45, 7) is 4.25. The second-order valence-electron chi connectivity index (χ2n) is 4.41. The van der Waals surface area contributed by atoms with Crippen LogP contribution in [0.5, 0.6) is 0 Å². The highest BCUT2D eigenvalue weighted by Gasteiger charge is 2.23. The van der Waals surface area contributed by atoms with Gasteiger partial charge in [0.05, 0.1) is 5.69 Å². The Labute approximate surface area is 91.1 Å². The monoisotopic (exact) mass is 205 g/mol. The molecule has 1 aliphatic carbocycles. The van der Waals surface area contributed by atoms with Crippen LogP contribution in [0.25, 0.3) is 0 Å². The topological polar surface area (TPSA) is 51.8 Å². The SMILES string of the molecule is CCC(c1ncnc2c1CCC2)C(C)N. The highest BCUT2D eigenvalue weighted by molar-refractivity contribution is 5.31. The van der Waals surface area contributed by atoms with Crippen molar-refractivity contribution >= 4 is 0 Å². The normalized spacial score (nSPS) is 18.6. The number of nitrogens with two attached hydrogens (primary N) is 1. The maximum absolute atomic E-state index is 6.01. The van der Waals surface area contributed by atoms with Gasteiger partial charge in [0, 0.05) is 17.7 Å². The highest BCUT2D eigenvalue weighted by atomic mass is 14.9. The molecule has 1 aromatic rings. The molecular formula is C12H19N3. The van der Waals surface area contributed by atoms with Gasteiger partial charge in [0.2, 0.25) is 0 Å². The van der Waals surface area contributed by atoms with Crippen molar-refractivity contribution in [2.45, 2.75) is 51.5 Å². The Morgan fingerprint density at radius 1 is 1.40 bits per heavy atom. The van der Waals surface area contributed by atoms with E-state index in [1.54, 1.807) is 6.33 Å². The molecule has 0 saturated heterocycles. The quantitative estimate of drug-likeness (QED) is 0.818. The molecule has 0 bridgehead atoms. The molecule has 0 aliphatic heterocycles. The van der Waals surface area contributed by atoms with Gasteiger partial charge in [-0.1, -0.05) is 6.92 Å². The lowest BCUT2D eigenvalue weighted by molar-refractivity contribution is 0.534. The van der Waals surface area contributed by atoms with Gasteiger partial charge in [0.15, 0.2) is 0 Å². The van der Waals surface area contributed by atoms with E-state index in [0.717, 1.165) is 19.3 Å². The molecule has 0 aromatic carbocycles. The van der Waals surface area contributed by atoms with Crippen LogP contribution >= 0.6 is 0 Å². The Hall–Kier alpha value is -0.960. The lowest BCUT2D eigenvalue weighted by atomic mass is 9.91. The van der Waals surface area contributed by atoms with Crippen molar-refractivity contribution in [1.29, 1.82) is 0 Å². The van der Waals surface area contributed by atoms with E-state index in [1.807, 2.05) is 0 Å². The fourth-order valence-corrected chi connectivity index (χ4v) is 2.52. The minimum Gasteiger partial charge on any atom is -0.327 e. The zero-order valence-electron chi connectivity index (χ0n) is 9.53. The molecule has 82 valence electrons. The number of nitrogens with zero attached hydrogens (tertiary/aromatic N) is 2. The van der Waals surface area contributed by atoms with E-state index in [2.05, 4.69) is 23.8 Å². The molecule has 1 aromatic heterocycles. The lowest BCUT2D eigenvalue weighted by Crippen LogP contribution is -2.26. The van der Waals surface area contributed by atoms with Crippen LogP contribution in [0.4, 0.5) is 0 Å². The average molecular weight is 205 g/mol. The largest absolute Gasteiger partial charge is 0.327 e. The van der Waals surface area contributed by atoms with Gasteiger partial charge in [-0.15, -0.1) is 0 Å². The molecule has 2 N–H and O–H groups in total. The number of aromatic nitrogens is 2. The van der Waals surface area contributed by atoms with Gasteiger partial charge in [0.1, 0.15) is 6.33 Å². The van der Waals surface area contributed by atoms with Gasteiger partial charge in [0.25, 0.3) is 0 Å². The van der Waals surface area contributed by atoms with Gasteiger partial charge in [-0.3, -0.25) is 0 Å². The zero-order valence-corrected chi connectivity index (χ0v) is 9.53. The Bertz CT molecular complexity index is 347. The third kappa shape index (κ3) is 1.88. The molecule has 2 rings (SSSR count). The number of aryl methyl sites for hydroxylation is 1. The molecule has 1 heterocycles. The number of fused-ring (bicyclic) bond motifs is 1. The average Bonchev–Trinajstić information content (AvgIpc) is 2.66. The van der Waals surface area contributed by atoms with Crippen molar-refractivity contribution in [3.8, 4) is 0 Å². The lowest BCUT2D eigenvalue weighted by Gasteiger charge is -2.20. The summed E-state index contributed by atoms with van der Waals surface area (Å²) >= 11 is 0. The standard InChI is InChI=1S/C12H19N3/c1-3-9(8(2)13)12-10-5-4-6-11(10)14-7-15-12/h7-9H,3-6,13H2,1-2H3. The van der Waals surface area contributed by atoms with Crippen molar-refractivity contribution in [2.24, 2.45) is 5.73 Å². The van der Waals surface area contributed by atoms with Crippen molar-refractivity contribution in [1.82, 2.24) is 9.97 Å². The van der Waals surface area contributed by atoms with E-state index >= 15 is 0 Å².